The lowest BCUT2D eigenvalue weighted by Crippen LogP contribution is -2.36. The zero-order valence-electron chi connectivity index (χ0n) is 7.56. The van der Waals surface area contributed by atoms with Crippen LogP contribution in [0.3, 0.4) is 0 Å². The predicted octanol–water partition coefficient (Wildman–Crippen LogP) is 2.83. The molecule has 0 aliphatic carbocycles. The van der Waals surface area contributed by atoms with Crippen LogP contribution in [0.1, 0.15) is 27.2 Å². The van der Waals surface area contributed by atoms with Gasteiger partial charge in [-0.15, -0.1) is 0 Å². The normalized spacial score (nSPS) is 38.5. The molecule has 11 heavy (non-hydrogen) atoms. The highest BCUT2D eigenvalue weighted by molar-refractivity contribution is 9.09. The number of halogens is 1. The van der Waals surface area contributed by atoms with Crippen molar-refractivity contribution >= 4 is 15.9 Å². The monoisotopic (exact) mass is 220 g/mol. The fourth-order valence-electron chi connectivity index (χ4n) is 1.67. The van der Waals surface area contributed by atoms with E-state index in [2.05, 4.69) is 36.7 Å². The summed E-state index contributed by atoms with van der Waals surface area (Å²) in [5.74, 6) is 1.35. The highest BCUT2D eigenvalue weighted by Crippen LogP contribution is 2.37. The van der Waals surface area contributed by atoms with Crippen LogP contribution in [-0.2, 0) is 4.74 Å². The molecule has 0 aromatic heterocycles. The summed E-state index contributed by atoms with van der Waals surface area (Å²) in [4.78, 5) is 0. The van der Waals surface area contributed by atoms with E-state index in [1.165, 1.54) is 6.42 Å². The van der Waals surface area contributed by atoms with Crippen molar-refractivity contribution in [1.82, 2.24) is 0 Å². The van der Waals surface area contributed by atoms with Crippen LogP contribution in [0, 0.1) is 11.8 Å². The minimum atomic E-state index is 0.124. The van der Waals surface area contributed by atoms with Gasteiger partial charge in [-0.3, -0.25) is 0 Å². The largest absolute Gasteiger partial charge is 0.374 e. The van der Waals surface area contributed by atoms with Crippen molar-refractivity contribution in [2.75, 3.05) is 11.9 Å². The maximum atomic E-state index is 5.82. The summed E-state index contributed by atoms with van der Waals surface area (Å²) in [6.45, 7) is 7.66. The van der Waals surface area contributed by atoms with Gasteiger partial charge < -0.3 is 4.74 Å². The van der Waals surface area contributed by atoms with Gasteiger partial charge in [0.15, 0.2) is 0 Å². The Morgan fingerprint density at radius 2 is 2.27 bits per heavy atom. The highest BCUT2D eigenvalue weighted by atomic mass is 79.9. The molecule has 1 saturated heterocycles. The summed E-state index contributed by atoms with van der Waals surface area (Å²) in [5.41, 5.74) is 0.124. The molecule has 1 nitrogen and oxygen atoms in total. The van der Waals surface area contributed by atoms with Crippen LogP contribution in [0.4, 0.5) is 0 Å². The lowest BCUT2D eigenvalue weighted by molar-refractivity contribution is -0.0124. The van der Waals surface area contributed by atoms with Gasteiger partial charge >= 0.3 is 0 Å². The van der Waals surface area contributed by atoms with Gasteiger partial charge in [-0.1, -0.05) is 36.7 Å². The molecular weight excluding hydrogens is 204 g/mol. The molecule has 0 bridgehead atoms. The number of alkyl halides is 1. The van der Waals surface area contributed by atoms with E-state index in [-0.39, 0.29) is 5.60 Å². The summed E-state index contributed by atoms with van der Waals surface area (Å²) in [7, 11) is 0. The Morgan fingerprint density at radius 1 is 1.64 bits per heavy atom. The first-order valence-corrected chi connectivity index (χ1v) is 5.43. The van der Waals surface area contributed by atoms with E-state index < -0.39 is 0 Å². The fraction of sp³-hybridized carbons (Fsp3) is 1.00. The van der Waals surface area contributed by atoms with E-state index >= 15 is 0 Å². The second-order valence-corrected chi connectivity index (χ2v) is 4.53. The summed E-state index contributed by atoms with van der Waals surface area (Å²) in [6, 6.07) is 0. The maximum Gasteiger partial charge on any atom is 0.0805 e. The molecule has 0 spiro atoms. The van der Waals surface area contributed by atoms with Crippen molar-refractivity contribution < 1.29 is 4.74 Å². The van der Waals surface area contributed by atoms with Crippen molar-refractivity contribution in [3.8, 4) is 0 Å². The van der Waals surface area contributed by atoms with Crippen molar-refractivity contribution in [2.24, 2.45) is 11.8 Å². The lowest BCUT2D eigenvalue weighted by Gasteiger charge is -2.30. The average Bonchev–Trinajstić information content (AvgIpc) is 2.33. The van der Waals surface area contributed by atoms with E-state index in [9.17, 15) is 0 Å². The molecule has 2 atom stereocenters. The van der Waals surface area contributed by atoms with Crippen molar-refractivity contribution in [1.29, 1.82) is 0 Å². The summed E-state index contributed by atoms with van der Waals surface area (Å²) >= 11 is 3.54. The lowest BCUT2D eigenvalue weighted by atomic mass is 9.87. The van der Waals surface area contributed by atoms with Gasteiger partial charge in [0, 0.05) is 5.33 Å². The molecule has 0 amide bonds. The number of ether oxygens (including phenoxy) is 1. The molecule has 0 radical (unpaired) electrons. The SMILES string of the molecule is CC1COC(CBr)(C(C)C)C1. The molecule has 1 heterocycles. The zero-order valence-corrected chi connectivity index (χ0v) is 9.15. The third kappa shape index (κ3) is 1.78. The van der Waals surface area contributed by atoms with Crippen molar-refractivity contribution in [3.05, 3.63) is 0 Å². The molecule has 1 aliphatic rings. The van der Waals surface area contributed by atoms with Gasteiger partial charge in [0.1, 0.15) is 0 Å². The van der Waals surface area contributed by atoms with Crippen LogP contribution in [-0.4, -0.2) is 17.5 Å². The first-order valence-electron chi connectivity index (χ1n) is 4.30. The molecule has 0 saturated carbocycles. The molecule has 0 aromatic rings. The van der Waals surface area contributed by atoms with Crippen LogP contribution < -0.4 is 0 Å². The molecule has 1 aliphatic heterocycles. The molecule has 0 N–H and O–H groups in total. The second kappa shape index (κ2) is 3.44. The van der Waals surface area contributed by atoms with Crippen LogP contribution in [0.15, 0.2) is 0 Å². The second-order valence-electron chi connectivity index (χ2n) is 3.97. The quantitative estimate of drug-likeness (QED) is 0.651. The van der Waals surface area contributed by atoms with Gasteiger partial charge in [0.2, 0.25) is 0 Å². The Labute approximate surface area is 77.6 Å². The third-order valence-corrected chi connectivity index (χ3v) is 3.58. The maximum absolute atomic E-state index is 5.82. The first kappa shape index (κ1) is 9.53. The van der Waals surface area contributed by atoms with Gasteiger partial charge in [-0.05, 0) is 18.3 Å². The van der Waals surface area contributed by atoms with Gasteiger partial charge in [-0.25, -0.2) is 0 Å². The Hall–Kier alpha value is 0.440. The first-order chi connectivity index (χ1) is 5.10. The van der Waals surface area contributed by atoms with Crippen LogP contribution in [0.5, 0.6) is 0 Å². The number of rotatable bonds is 2. The van der Waals surface area contributed by atoms with Crippen LogP contribution >= 0.6 is 15.9 Å². The fourth-order valence-corrected chi connectivity index (χ4v) is 2.70. The molecule has 1 fully saturated rings. The van der Waals surface area contributed by atoms with E-state index in [1.54, 1.807) is 0 Å². The molecule has 66 valence electrons. The van der Waals surface area contributed by atoms with E-state index in [1.807, 2.05) is 0 Å². The summed E-state index contributed by atoms with van der Waals surface area (Å²) in [5, 5.41) is 0.974. The minimum Gasteiger partial charge on any atom is -0.374 e. The molecule has 2 heteroatoms. The summed E-state index contributed by atoms with van der Waals surface area (Å²) < 4.78 is 5.82. The Kier molecular flexibility index (Phi) is 2.98. The third-order valence-electron chi connectivity index (χ3n) is 2.63. The minimum absolute atomic E-state index is 0.124. The average molecular weight is 221 g/mol. The van der Waals surface area contributed by atoms with E-state index in [4.69, 9.17) is 4.74 Å². The Morgan fingerprint density at radius 3 is 2.45 bits per heavy atom. The van der Waals surface area contributed by atoms with E-state index in [0.29, 0.717) is 5.92 Å². The summed E-state index contributed by atoms with van der Waals surface area (Å²) in [6.07, 6.45) is 1.20. The van der Waals surface area contributed by atoms with Crippen molar-refractivity contribution in [2.45, 2.75) is 32.8 Å². The standard InChI is InChI=1S/C9H17BrO/c1-7(2)9(6-10)4-8(3)5-11-9/h7-8H,4-6H2,1-3H3. The Balaban J connectivity index is 2.62. The molecule has 0 aromatic carbocycles. The number of hydrogen-bond donors (Lipinski definition) is 0. The van der Waals surface area contributed by atoms with Crippen LogP contribution in [0.2, 0.25) is 0 Å². The van der Waals surface area contributed by atoms with Gasteiger partial charge in [-0.2, -0.15) is 0 Å². The Bertz CT molecular complexity index is 136. The van der Waals surface area contributed by atoms with Gasteiger partial charge in [0.25, 0.3) is 0 Å². The zero-order chi connectivity index (χ0) is 8.48. The van der Waals surface area contributed by atoms with E-state index in [0.717, 1.165) is 17.9 Å². The number of hydrogen-bond acceptors (Lipinski definition) is 1. The smallest absolute Gasteiger partial charge is 0.0805 e. The van der Waals surface area contributed by atoms with Crippen LogP contribution in [0.25, 0.3) is 0 Å². The van der Waals surface area contributed by atoms with Gasteiger partial charge in [0.05, 0.1) is 12.2 Å². The molecule has 2 unspecified atom stereocenters. The van der Waals surface area contributed by atoms with Crippen molar-refractivity contribution in [3.63, 3.8) is 0 Å². The predicted molar refractivity (Wildman–Crippen MR) is 51.1 cm³/mol. The topological polar surface area (TPSA) is 9.23 Å². The molecule has 1 rings (SSSR count). The highest BCUT2D eigenvalue weighted by Gasteiger charge is 2.40. The molecular formula is C9H17BrO.